The van der Waals surface area contributed by atoms with E-state index >= 15 is 0 Å². The van der Waals surface area contributed by atoms with Crippen LogP contribution in [-0.2, 0) is 20.2 Å². The zero-order valence-corrected chi connectivity index (χ0v) is 19.2. The van der Waals surface area contributed by atoms with E-state index in [1.54, 1.807) is 32.6 Å². The molecule has 0 aromatic heterocycles. The second kappa shape index (κ2) is 9.56. The van der Waals surface area contributed by atoms with Crippen molar-refractivity contribution in [1.82, 2.24) is 13.3 Å². The van der Waals surface area contributed by atoms with Crippen LogP contribution in [-0.4, -0.2) is 75.7 Å². The molecule has 0 unspecified atom stereocenters. The van der Waals surface area contributed by atoms with Crippen LogP contribution in [0.15, 0.2) is 23.1 Å². The van der Waals surface area contributed by atoms with Crippen molar-refractivity contribution in [1.29, 1.82) is 0 Å². The summed E-state index contributed by atoms with van der Waals surface area (Å²) in [6.07, 6.45) is 0. The van der Waals surface area contributed by atoms with Gasteiger partial charge >= 0.3 is 0 Å². The number of sulfonamides is 1. The highest BCUT2D eigenvalue weighted by molar-refractivity contribution is 7.89. The summed E-state index contributed by atoms with van der Waals surface area (Å²) in [5.74, 6) is 0. The van der Waals surface area contributed by atoms with Gasteiger partial charge in [-0.1, -0.05) is 13.8 Å². The minimum absolute atomic E-state index is 0.185. The Balaban J connectivity index is 2.26. The standard InChI is InChI=1S/C17H29N5O6S2/c1-5-20(6-2)30(27,28)21-11-9-19(10-12-21)16-8-7-15(13-17(16)22(23)24)29(25,26)18-14(3)4/h7-8,13-14,18H,5-6,9-12H2,1-4H3. The van der Waals surface area contributed by atoms with Crippen LogP contribution >= 0.6 is 0 Å². The lowest BCUT2D eigenvalue weighted by Gasteiger charge is -2.37. The fourth-order valence-corrected chi connectivity index (χ4v) is 6.21. The Bertz CT molecular complexity index is 968. The first-order valence-corrected chi connectivity index (χ1v) is 12.6. The zero-order chi connectivity index (χ0) is 22.7. The van der Waals surface area contributed by atoms with E-state index in [2.05, 4.69) is 4.72 Å². The Morgan fingerprint density at radius 1 is 1.10 bits per heavy atom. The van der Waals surface area contributed by atoms with Crippen LogP contribution in [0.1, 0.15) is 27.7 Å². The third kappa shape index (κ3) is 5.27. The molecule has 30 heavy (non-hydrogen) atoms. The van der Waals surface area contributed by atoms with Gasteiger partial charge < -0.3 is 4.90 Å². The molecule has 0 spiro atoms. The average Bonchev–Trinajstić information content (AvgIpc) is 2.67. The van der Waals surface area contributed by atoms with E-state index in [0.717, 1.165) is 6.07 Å². The zero-order valence-electron chi connectivity index (χ0n) is 17.6. The monoisotopic (exact) mass is 463 g/mol. The number of piperazine rings is 1. The first kappa shape index (κ1) is 24.5. The summed E-state index contributed by atoms with van der Waals surface area (Å²) in [4.78, 5) is 12.5. The van der Waals surface area contributed by atoms with Gasteiger partial charge in [-0.2, -0.15) is 17.0 Å². The van der Waals surface area contributed by atoms with Crippen LogP contribution in [0.2, 0.25) is 0 Å². The van der Waals surface area contributed by atoms with Gasteiger partial charge in [0, 0.05) is 51.4 Å². The van der Waals surface area contributed by atoms with Gasteiger partial charge in [-0.15, -0.1) is 0 Å². The number of nitrogens with one attached hydrogen (secondary N) is 1. The summed E-state index contributed by atoms with van der Waals surface area (Å²) in [5, 5.41) is 11.6. The van der Waals surface area contributed by atoms with Crippen molar-refractivity contribution in [3.63, 3.8) is 0 Å². The maximum absolute atomic E-state index is 12.7. The SMILES string of the molecule is CCN(CC)S(=O)(=O)N1CCN(c2ccc(S(=O)(=O)NC(C)C)cc2[N+](=O)[O-])CC1. The molecule has 0 aliphatic carbocycles. The van der Waals surface area contributed by atoms with Gasteiger partial charge in [-0.25, -0.2) is 13.1 Å². The lowest BCUT2D eigenvalue weighted by Crippen LogP contribution is -2.53. The van der Waals surface area contributed by atoms with Gasteiger partial charge in [0.2, 0.25) is 10.0 Å². The molecule has 1 fully saturated rings. The third-order valence-electron chi connectivity index (χ3n) is 4.78. The Hall–Kier alpha value is -1.80. The van der Waals surface area contributed by atoms with Crippen molar-refractivity contribution in [2.24, 2.45) is 0 Å². The topological polar surface area (TPSA) is 133 Å². The molecule has 0 atom stereocenters. The van der Waals surface area contributed by atoms with E-state index in [-0.39, 0.29) is 48.5 Å². The molecule has 1 aromatic carbocycles. The van der Waals surface area contributed by atoms with E-state index < -0.39 is 25.2 Å². The molecule has 0 bridgehead atoms. The summed E-state index contributed by atoms with van der Waals surface area (Å²) >= 11 is 0. The molecule has 1 N–H and O–H groups in total. The number of rotatable bonds is 9. The molecule has 170 valence electrons. The molecule has 1 aromatic rings. The summed E-state index contributed by atoms with van der Waals surface area (Å²) in [6.45, 7) is 8.48. The first-order chi connectivity index (χ1) is 13.9. The maximum Gasteiger partial charge on any atom is 0.293 e. The van der Waals surface area contributed by atoms with Crippen LogP contribution in [0.5, 0.6) is 0 Å². The molecule has 1 saturated heterocycles. The van der Waals surface area contributed by atoms with E-state index in [1.165, 1.54) is 20.7 Å². The highest BCUT2D eigenvalue weighted by atomic mass is 32.2. The predicted molar refractivity (Wildman–Crippen MR) is 114 cm³/mol. The second-order valence-electron chi connectivity index (χ2n) is 7.16. The average molecular weight is 464 g/mol. The third-order valence-corrected chi connectivity index (χ3v) is 8.62. The van der Waals surface area contributed by atoms with Gasteiger partial charge in [-0.05, 0) is 26.0 Å². The van der Waals surface area contributed by atoms with Crippen molar-refractivity contribution in [2.45, 2.75) is 38.6 Å². The van der Waals surface area contributed by atoms with Crippen LogP contribution < -0.4 is 9.62 Å². The number of benzene rings is 1. The molecule has 0 amide bonds. The molecule has 0 saturated carbocycles. The number of hydrogen-bond donors (Lipinski definition) is 1. The maximum atomic E-state index is 12.7. The molecule has 13 heteroatoms. The summed E-state index contributed by atoms with van der Waals surface area (Å²) in [6, 6.07) is 3.42. The Labute approximate surface area is 178 Å². The van der Waals surface area contributed by atoms with Crippen molar-refractivity contribution >= 4 is 31.6 Å². The highest BCUT2D eigenvalue weighted by Gasteiger charge is 2.33. The van der Waals surface area contributed by atoms with Crippen molar-refractivity contribution in [3.8, 4) is 0 Å². The van der Waals surface area contributed by atoms with Crippen molar-refractivity contribution < 1.29 is 21.8 Å². The van der Waals surface area contributed by atoms with Gasteiger partial charge in [0.1, 0.15) is 5.69 Å². The van der Waals surface area contributed by atoms with Crippen LogP contribution in [0, 0.1) is 10.1 Å². The van der Waals surface area contributed by atoms with Gasteiger partial charge in [-0.3, -0.25) is 10.1 Å². The van der Waals surface area contributed by atoms with E-state index in [1.807, 2.05) is 0 Å². The Morgan fingerprint density at radius 3 is 2.13 bits per heavy atom. The first-order valence-electron chi connectivity index (χ1n) is 9.75. The molecule has 0 radical (unpaired) electrons. The van der Waals surface area contributed by atoms with Crippen LogP contribution in [0.25, 0.3) is 0 Å². The van der Waals surface area contributed by atoms with Gasteiger partial charge in [0.25, 0.3) is 15.9 Å². The van der Waals surface area contributed by atoms with Crippen molar-refractivity contribution in [3.05, 3.63) is 28.3 Å². The predicted octanol–water partition coefficient (Wildman–Crippen LogP) is 0.990. The summed E-state index contributed by atoms with van der Waals surface area (Å²) < 4.78 is 55.2. The van der Waals surface area contributed by atoms with Gasteiger partial charge in [0.15, 0.2) is 0 Å². The number of nitrogens with zero attached hydrogens (tertiary/aromatic N) is 4. The fourth-order valence-electron chi connectivity index (χ4n) is 3.34. The fraction of sp³-hybridized carbons (Fsp3) is 0.647. The molecular weight excluding hydrogens is 434 g/mol. The molecule has 1 aliphatic rings. The Kier molecular flexibility index (Phi) is 7.80. The molecule has 1 aliphatic heterocycles. The lowest BCUT2D eigenvalue weighted by molar-refractivity contribution is -0.384. The molecule has 1 heterocycles. The highest BCUT2D eigenvalue weighted by Crippen LogP contribution is 2.32. The van der Waals surface area contributed by atoms with Gasteiger partial charge in [0.05, 0.1) is 9.82 Å². The minimum Gasteiger partial charge on any atom is -0.363 e. The Morgan fingerprint density at radius 2 is 1.67 bits per heavy atom. The number of nitro groups is 1. The van der Waals surface area contributed by atoms with E-state index in [9.17, 15) is 26.9 Å². The minimum atomic E-state index is -3.87. The number of nitro benzene ring substituents is 1. The van der Waals surface area contributed by atoms with Crippen LogP contribution in [0.3, 0.4) is 0 Å². The molecule has 11 nitrogen and oxygen atoms in total. The normalized spacial score (nSPS) is 16.4. The number of anilines is 1. The van der Waals surface area contributed by atoms with Crippen LogP contribution in [0.4, 0.5) is 11.4 Å². The molecule has 2 rings (SSSR count). The van der Waals surface area contributed by atoms with Crippen molar-refractivity contribution in [2.75, 3.05) is 44.2 Å². The summed E-state index contributed by atoms with van der Waals surface area (Å²) in [7, 11) is -7.45. The smallest absolute Gasteiger partial charge is 0.293 e. The quantitative estimate of drug-likeness (QED) is 0.426. The summed E-state index contributed by atoms with van der Waals surface area (Å²) in [5.41, 5.74) is -0.0648. The second-order valence-corrected chi connectivity index (χ2v) is 10.8. The lowest BCUT2D eigenvalue weighted by atomic mass is 10.2. The number of hydrogen-bond acceptors (Lipinski definition) is 7. The molecular formula is C17H29N5O6S2. The van der Waals surface area contributed by atoms with E-state index in [4.69, 9.17) is 0 Å². The largest absolute Gasteiger partial charge is 0.363 e. The van der Waals surface area contributed by atoms with E-state index in [0.29, 0.717) is 13.1 Å².